The number of rotatable bonds is 6. The Morgan fingerprint density at radius 1 is 1.07 bits per heavy atom. The van der Waals surface area contributed by atoms with Crippen LogP contribution in [-0.2, 0) is 21.4 Å². The van der Waals surface area contributed by atoms with Crippen molar-refractivity contribution in [2.24, 2.45) is 5.92 Å². The van der Waals surface area contributed by atoms with Crippen LogP contribution in [0.1, 0.15) is 35.7 Å². The zero-order chi connectivity index (χ0) is 21.9. The molecule has 0 bridgehead atoms. The van der Waals surface area contributed by atoms with Crippen molar-refractivity contribution in [3.8, 4) is 0 Å². The zero-order valence-electron chi connectivity index (χ0n) is 16.4. The highest BCUT2D eigenvalue weighted by atomic mass is 35.5. The Hall–Kier alpha value is -1.93. The molecule has 2 aromatic rings. The van der Waals surface area contributed by atoms with Crippen LogP contribution in [0.15, 0.2) is 47.4 Å². The van der Waals surface area contributed by atoms with Crippen molar-refractivity contribution in [3.05, 3.63) is 63.6 Å². The van der Waals surface area contributed by atoms with E-state index in [1.807, 2.05) is 0 Å². The average Bonchev–Trinajstić information content (AvgIpc) is 2.73. The number of nitrogens with one attached hydrogen (secondary N) is 1. The second-order valence-corrected chi connectivity index (χ2v) is 9.99. The average molecular weight is 469 g/mol. The second kappa shape index (κ2) is 9.47. The first-order valence-corrected chi connectivity index (χ1v) is 11.7. The Morgan fingerprint density at radius 2 is 1.70 bits per heavy atom. The lowest BCUT2D eigenvalue weighted by Crippen LogP contribution is -2.42. The number of piperidine rings is 1. The van der Waals surface area contributed by atoms with Gasteiger partial charge in [-0.1, -0.05) is 41.4 Å². The highest BCUT2D eigenvalue weighted by Gasteiger charge is 2.32. The number of benzene rings is 2. The molecule has 2 aromatic carbocycles. The van der Waals surface area contributed by atoms with Gasteiger partial charge in [-0.05, 0) is 49.6 Å². The van der Waals surface area contributed by atoms with Crippen LogP contribution in [0.25, 0.3) is 0 Å². The lowest BCUT2D eigenvalue weighted by molar-refractivity contribution is -0.126. The first-order chi connectivity index (χ1) is 14.2. The van der Waals surface area contributed by atoms with Gasteiger partial charge in [-0.3, -0.25) is 9.59 Å². The quantitative estimate of drug-likeness (QED) is 0.651. The van der Waals surface area contributed by atoms with E-state index in [2.05, 4.69) is 5.32 Å². The van der Waals surface area contributed by atoms with E-state index in [1.54, 1.807) is 18.2 Å². The zero-order valence-corrected chi connectivity index (χ0v) is 18.7. The fourth-order valence-electron chi connectivity index (χ4n) is 3.36. The smallest absolute Gasteiger partial charge is 0.243 e. The predicted molar refractivity (Wildman–Crippen MR) is 116 cm³/mol. The highest BCUT2D eigenvalue weighted by Crippen LogP contribution is 2.25. The predicted octanol–water partition coefficient (Wildman–Crippen LogP) is 3.91. The number of hydrogen-bond donors (Lipinski definition) is 1. The third kappa shape index (κ3) is 5.21. The van der Waals surface area contributed by atoms with E-state index in [4.69, 9.17) is 23.2 Å². The standard InChI is InChI=1S/C21H22Cl2N2O4S/c1-14(26)15-3-6-19(7-4-15)30(28,29)25-10-8-16(9-11-25)21(27)24-13-17-2-5-18(22)12-20(17)23/h2-7,12,16H,8-11,13H2,1H3,(H,24,27). The van der Waals surface area contributed by atoms with Crippen LogP contribution in [0.3, 0.4) is 0 Å². The first-order valence-electron chi connectivity index (χ1n) is 9.51. The molecule has 0 saturated carbocycles. The third-order valence-electron chi connectivity index (χ3n) is 5.19. The van der Waals surface area contributed by atoms with Crippen molar-refractivity contribution < 1.29 is 18.0 Å². The van der Waals surface area contributed by atoms with Crippen LogP contribution in [0, 0.1) is 5.92 Å². The van der Waals surface area contributed by atoms with Gasteiger partial charge in [0.1, 0.15) is 0 Å². The van der Waals surface area contributed by atoms with Crippen molar-refractivity contribution in [2.45, 2.75) is 31.2 Å². The van der Waals surface area contributed by atoms with Crippen LogP contribution in [0.5, 0.6) is 0 Å². The molecule has 0 unspecified atom stereocenters. The van der Waals surface area contributed by atoms with Crippen LogP contribution in [0.2, 0.25) is 10.0 Å². The highest BCUT2D eigenvalue weighted by molar-refractivity contribution is 7.89. The van der Waals surface area contributed by atoms with Crippen molar-refractivity contribution >= 4 is 44.9 Å². The van der Waals surface area contributed by atoms with Crippen LogP contribution in [0.4, 0.5) is 0 Å². The molecule has 0 aromatic heterocycles. The SMILES string of the molecule is CC(=O)c1ccc(S(=O)(=O)N2CCC(C(=O)NCc3ccc(Cl)cc3Cl)CC2)cc1. The maximum atomic E-state index is 12.8. The van der Waals surface area contributed by atoms with Crippen molar-refractivity contribution in [1.29, 1.82) is 0 Å². The summed E-state index contributed by atoms with van der Waals surface area (Å²) in [5.41, 5.74) is 1.23. The molecule has 9 heteroatoms. The number of hydrogen-bond acceptors (Lipinski definition) is 4. The lowest BCUT2D eigenvalue weighted by Gasteiger charge is -2.30. The van der Waals surface area contributed by atoms with Crippen molar-refractivity contribution in [2.75, 3.05) is 13.1 Å². The number of halogens is 2. The molecule has 1 amide bonds. The van der Waals surface area contributed by atoms with Gasteiger partial charge in [0.2, 0.25) is 15.9 Å². The van der Waals surface area contributed by atoms with E-state index in [1.165, 1.54) is 35.5 Å². The molecule has 30 heavy (non-hydrogen) atoms. The Bertz CT molecular complexity index is 1050. The van der Waals surface area contributed by atoms with Crippen LogP contribution in [-0.4, -0.2) is 37.5 Å². The summed E-state index contributed by atoms with van der Waals surface area (Å²) < 4.78 is 27.1. The number of carbonyl (C=O) groups excluding carboxylic acids is 2. The van der Waals surface area contributed by atoms with Gasteiger partial charge in [0.05, 0.1) is 4.90 Å². The Balaban J connectivity index is 1.56. The van der Waals surface area contributed by atoms with Crippen molar-refractivity contribution in [3.63, 3.8) is 0 Å². The summed E-state index contributed by atoms with van der Waals surface area (Å²) >= 11 is 12.0. The lowest BCUT2D eigenvalue weighted by atomic mass is 9.97. The molecule has 1 aliphatic rings. The summed E-state index contributed by atoms with van der Waals surface area (Å²) in [6.07, 6.45) is 0.871. The molecule has 0 radical (unpaired) electrons. The first kappa shape index (κ1) is 22.7. The van der Waals surface area contributed by atoms with Crippen molar-refractivity contribution in [1.82, 2.24) is 9.62 Å². The molecule has 160 valence electrons. The maximum Gasteiger partial charge on any atom is 0.243 e. The van der Waals surface area contributed by atoms with Gasteiger partial charge in [0.15, 0.2) is 5.78 Å². The summed E-state index contributed by atoms with van der Waals surface area (Å²) in [5, 5.41) is 3.88. The number of amides is 1. The van der Waals surface area contributed by atoms with E-state index in [-0.39, 0.29) is 42.1 Å². The summed E-state index contributed by atoms with van der Waals surface area (Å²) in [6.45, 7) is 2.24. The minimum atomic E-state index is -3.66. The van der Waals surface area contributed by atoms with Gasteiger partial charge in [-0.2, -0.15) is 4.31 Å². The van der Waals surface area contributed by atoms with Gasteiger partial charge >= 0.3 is 0 Å². The van der Waals surface area contributed by atoms with E-state index in [0.29, 0.717) is 28.5 Å². The van der Waals surface area contributed by atoms with Gasteiger partial charge in [-0.25, -0.2) is 8.42 Å². The Kier molecular flexibility index (Phi) is 7.18. The molecule has 6 nitrogen and oxygen atoms in total. The molecule has 1 aliphatic heterocycles. The molecule has 0 atom stereocenters. The maximum absolute atomic E-state index is 12.8. The number of nitrogens with zero attached hydrogens (tertiary/aromatic N) is 1. The fourth-order valence-corrected chi connectivity index (χ4v) is 5.31. The van der Waals surface area contributed by atoms with Gasteiger partial charge in [-0.15, -0.1) is 0 Å². The molecular weight excluding hydrogens is 447 g/mol. The van der Waals surface area contributed by atoms with E-state index in [9.17, 15) is 18.0 Å². The largest absolute Gasteiger partial charge is 0.352 e. The molecule has 3 rings (SSSR count). The normalized spacial score (nSPS) is 15.7. The summed E-state index contributed by atoms with van der Waals surface area (Å²) in [6, 6.07) is 11.0. The summed E-state index contributed by atoms with van der Waals surface area (Å²) in [7, 11) is -3.66. The molecule has 1 N–H and O–H groups in total. The number of ketones is 1. The topological polar surface area (TPSA) is 83.6 Å². The van der Waals surface area contributed by atoms with Crippen LogP contribution >= 0.6 is 23.2 Å². The van der Waals surface area contributed by atoms with Crippen LogP contribution < -0.4 is 5.32 Å². The summed E-state index contributed by atoms with van der Waals surface area (Å²) in [5.74, 6) is -0.503. The molecule has 1 saturated heterocycles. The van der Waals surface area contributed by atoms with E-state index in [0.717, 1.165) is 5.56 Å². The molecule has 0 aliphatic carbocycles. The molecule has 1 fully saturated rings. The number of carbonyl (C=O) groups is 2. The molecule has 0 spiro atoms. The molecular formula is C21H22Cl2N2O4S. The minimum Gasteiger partial charge on any atom is -0.352 e. The monoisotopic (exact) mass is 468 g/mol. The Labute approximate surface area is 186 Å². The van der Waals surface area contributed by atoms with Gasteiger partial charge < -0.3 is 5.32 Å². The Morgan fingerprint density at radius 3 is 2.27 bits per heavy atom. The van der Waals surface area contributed by atoms with Gasteiger partial charge in [0.25, 0.3) is 0 Å². The fraction of sp³-hybridized carbons (Fsp3) is 0.333. The summed E-state index contributed by atoms with van der Waals surface area (Å²) in [4.78, 5) is 24.0. The van der Waals surface area contributed by atoms with E-state index >= 15 is 0 Å². The minimum absolute atomic E-state index is 0.120. The van der Waals surface area contributed by atoms with Gasteiger partial charge in [0, 0.05) is 41.2 Å². The second-order valence-electron chi connectivity index (χ2n) is 7.21. The number of sulfonamides is 1. The van der Waals surface area contributed by atoms with E-state index < -0.39 is 10.0 Å². The third-order valence-corrected chi connectivity index (χ3v) is 7.69. The number of Topliss-reactive ketones (excluding diaryl/α,β-unsaturated/α-hetero) is 1. The molecule has 1 heterocycles.